The Bertz CT molecular complexity index is 679. The van der Waals surface area contributed by atoms with Crippen LogP contribution in [0.25, 0.3) is 0 Å². The lowest BCUT2D eigenvalue weighted by molar-refractivity contribution is 0.417. The molecule has 2 heterocycles. The fourth-order valence-corrected chi connectivity index (χ4v) is 2.53. The van der Waals surface area contributed by atoms with Gasteiger partial charge in [0.05, 0.1) is 12.8 Å². The van der Waals surface area contributed by atoms with Crippen molar-refractivity contribution in [3.63, 3.8) is 0 Å². The molecule has 0 spiro atoms. The van der Waals surface area contributed by atoms with Gasteiger partial charge in [0.2, 0.25) is 17.8 Å². The predicted molar refractivity (Wildman–Crippen MR) is 103 cm³/mol. The predicted octanol–water partition coefficient (Wildman–Crippen LogP) is 1.89. The number of ether oxygens (including phenoxy) is 1. The lowest BCUT2D eigenvalue weighted by atomic mass is 10.3. The third-order valence-corrected chi connectivity index (χ3v) is 3.71. The van der Waals surface area contributed by atoms with E-state index in [0.717, 1.165) is 44.2 Å². The van der Waals surface area contributed by atoms with Gasteiger partial charge in [-0.1, -0.05) is 12.1 Å². The summed E-state index contributed by atoms with van der Waals surface area (Å²) in [5.74, 6) is 2.49. The summed E-state index contributed by atoms with van der Waals surface area (Å²) in [4.78, 5) is 15.7. The van der Waals surface area contributed by atoms with Gasteiger partial charge in [-0.3, -0.25) is 0 Å². The summed E-state index contributed by atoms with van der Waals surface area (Å²) in [7, 11) is 1.64. The van der Waals surface area contributed by atoms with Crippen LogP contribution in [0.15, 0.2) is 24.3 Å². The number of rotatable bonds is 6. The molecule has 0 unspecified atom stereocenters. The van der Waals surface area contributed by atoms with Gasteiger partial charge in [0.25, 0.3) is 0 Å². The first kappa shape index (κ1) is 19.0. The summed E-state index contributed by atoms with van der Waals surface area (Å²) in [5, 5.41) is 9.73. The van der Waals surface area contributed by atoms with Gasteiger partial charge in [0.1, 0.15) is 5.75 Å². The number of hydrogen-bond donors (Lipinski definition) is 3. The molecule has 9 heteroatoms. The molecule has 1 aromatic heterocycles. The minimum Gasteiger partial charge on any atom is -0.495 e. The first-order valence-electron chi connectivity index (χ1n) is 8.16. The molecule has 1 fully saturated rings. The largest absolute Gasteiger partial charge is 0.495 e. The van der Waals surface area contributed by atoms with Crippen LogP contribution in [0.3, 0.4) is 0 Å². The summed E-state index contributed by atoms with van der Waals surface area (Å²) in [6.45, 7) is 6.38. The summed E-state index contributed by atoms with van der Waals surface area (Å²) < 4.78 is 5.37. The Labute approximate surface area is 153 Å². The summed E-state index contributed by atoms with van der Waals surface area (Å²) in [5.41, 5.74) is 0.819. The van der Waals surface area contributed by atoms with Crippen LogP contribution in [-0.2, 0) is 0 Å². The number of methoxy groups -OCH3 is 1. The summed E-state index contributed by atoms with van der Waals surface area (Å²) in [6, 6.07) is 7.69. The normalized spacial score (nSPS) is 13.8. The van der Waals surface area contributed by atoms with E-state index in [4.69, 9.17) is 4.74 Å². The van der Waals surface area contributed by atoms with Gasteiger partial charge in [0, 0.05) is 32.7 Å². The fraction of sp³-hybridized carbons (Fsp3) is 0.438. The van der Waals surface area contributed by atoms with Gasteiger partial charge >= 0.3 is 0 Å². The number of halogens is 1. The van der Waals surface area contributed by atoms with E-state index in [-0.39, 0.29) is 12.4 Å². The van der Waals surface area contributed by atoms with E-state index in [1.165, 1.54) is 0 Å². The van der Waals surface area contributed by atoms with Crippen LogP contribution in [0.5, 0.6) is 5.75 Å². The van der Waals surface area contributed by atoms with Crippen molar-refractivity contribution in [3.8, 4) is 5.75 Å². The number of aromatic nitrogens is 3. The average molecular weight is 366 g/mol. The maximum atomic E-state index is 5.37. The fourth-order valence-electron chi connectivity index (χ4n) is 2.53. The molecule has 0 bridgehead atoms. The lowest BCUT2D eigenvalue weighted by Gasteiger charge is -2.27. The third kappa shape index (κ3) is 4.83. The standard InChI is InChI=1S/C16H23N7O.ClH/c1-3-18-14-20-15(19-12-6-4-5-7-13(12)24-2)22-16(21-14)23-10-8-17-9-11-23;/h4-7,17H,3,8-11H2,1-2H3,(H2,18,19,20,21,22);1H. The number of benzene rings is 1. The minimum absolute atomic E-state index is 0. The van der Waals surface area contributed by atoms with Crippen molar-refractivity contribution in [2.75, 3.05) is 55.4 Å². The number of anilines is 4. The summed E-state index contributed by atoms with van der Waals surface area (Å²) in [6.07, 6.45) is 0. The lowest BCUT2D eigenvalue weighted by Crippen LogP contribution is -2.44. The quantitative estimate of drug-likeness (QED) is 0.715. The molecule has 1 aliphatic heterocycles. The van der Waals surface area contributed by atoms with E-state index >= 15 is 0 Å². The van der Waals surface area contributed by atoms with Gasteiger partial charge in [-0.2, -0.15) is 15.0 Å². The zero-order valence-corrected chi connectivity index (χ0v) is 15.3. The van der Waals surface area contributed by atoms with Crippen LogP contribution < -0.4 is 25.6 Å². The van der Waals surface area contributed by atoms with Crippen molar-refractivity contribution in [2.45, 2.75) is 6.92 Å². The van der Waals surface area contributed by atoms with Crippen molar-refractivity contribution < 1.29 is 4.74 Å². The Morgan fingerprint density at radius 2 is 1.84 bits per heavy atom. The smallest absolute Gasteiger partial charge is 0.233 e. The Hall–Kier alpha value is -2.32. The van der Waals surface area contributed by atoms with Gasteiger partial charge < -0.3 is 25.6 Å². The number of nitrogens with zero attached hydrogens (tertiary/aromatic N) is 4. The van der Waals surface area contributed by atoms with Gasteiger partial charge in [-0.15, -0.1) is 12.4 Å². The topological polar surface area (TPSA) is 87.2 Å². The Morgan fingerprint density at radius 1 is 1.12 bits per heavy atom. The highest BCUT2D eigenvalue weighted by molar-refractivity contribution is 5.85. The van der Waals surface area contributed by atoms with Gasteiger partial charge in [0.15, 0.2) is 0 Å². The molecule has 1 saturated heterocycles. The summed E-state index contributed by atoms with van der Waals surface area (Å²) >= 11 is 0. The molecule has 0 saturated carbocycles. The zero-order chi connectivity index (χ0) is 16.8. The average Bonchev–Trinajstić information content (AvgIpc) is 2.63. The molecule has 136 valence electrons. The second-order valence-corrected chi connectivity index (χ2v) is 5.38. The molecule has 3 N–H and O–H groups in total. The SMILES string of the molecule is CCNc1nc(Nc2ccccc2OC)nc(N2CCNCC2)n1.Cl. The molecule has 1 aliphatic rings. The molecular formula is C16H24ClN7O. The maximum Gasteiger partial charge on any atom is 0.233 e. The molecule has 25 heavy (non-hydrogen) atoms. The highest BCUT2D eigenvalue weighted by Gasteiger charge is 2.16. The second kappa shape index (κ2) is 9.24. The van der Waals surface area contributed by atoms with E-state index in [9.17, 15) is 0 Å². The monoisotopic (exact) mass is 365 g/mol. The molecule has 0 amide bonds. The van der Waals surface area contributed by atoms with Gasteiger partial charge in [-0.25, -0.2) is 0 Å². The van der Waals surface area contributed by atoms with Crippen molar-refractivity contribution >= 4 is 35.9 Å². The van der Waals surface area contributed by atoms with Crippen LogP contribution in [-0.4, -0.2) is 54.8 Å². The van der Waals surface area contributed by atoms with E-state index in [2.05, 4.69) is 35.8 Å². The van der Waals surface area contributed by atoms with Crippen molar-refractivity contribution in [3.05, 3.63) is 24.3 Å². The molecule has 2 aromatic rings. The van der Waals surface area contributed by atoms with Crippen molar-refractivity contribution in [1.29, 1.82) is 0 Å². The molecule has 0 radical (unpaired) electrons. The number of para-hydroxylation sites is 2. The molecule has 1 aromatic carbocycles. The number of nitrogens with one attached hydrogen (secondary N) is 3. The first-order valence-corrected chi connectivity index (χ1v) is 8.16. The van der Waals surface area contributed by atoms with E-state index in [0.29, 0.717) is 17.8 Å². The highest BCUT2D eigenvalue weighted by Crippen LogP contribution is 2.26. The van der Waals surface area contributed by atoms with E-state index in [1.807, 2.05) is 31.2 Å². The molecule has 8 nitrogen and oxygen atoms in total. The first-order chi connectivity index (χ1) is 11.8. The number of piperazine rings is 1. The Morgan fingerprint density at radius 3 is 2.56 bits per heavy atom. The number of hydrogen-bond acceptors (Lipinski definition) is 8. The zero-order valence-electron chi connectivity index (χ0n) is 14.5. The van der Waals surface area contributed by atoms with E-state index < -0.39 is 0 Å². The highest BCUT2D eigenvalue weighted by atomic mass is 35.5. The molecular weight excluding hydrogens is 342 g/mol. The van der Waals surface area contributed by atoms with Crippen LogP contribution in [0, 0.1) is 0 Å². The van der Waals surface area contributed by atoms with Crippen molar-refractivity contribution in [2.24, 2.45) is 0 Å². The molecule has 0 aliphatic carbocycles. The Kier molecular flexibility index (Phi) is 7.03. The van der Waals surface area contributed by atoms with Gasteiger partial charge in [-0.05, 0) is 19.1 Å². The minimum atomic E-state index is 0. The van der Waals surface area contributed by atoms with Crippen LogP contribution in [0.2, 0.25) is 0 Å². The molecule has 0 atom stereocenters. The second-order valence-electron chi connectivity index (χ2n) is 5.38. The maximum absolute atomic E-state index is 5.37. The van der Waals surface area contributed by atoms with Crippen LogP contribution in [0.4, 0.5) is 23.5 Å². The Balaban J connectivity index is 0.00000225. The van der Waals surface area contributed by atoms with Crippen LogP contribution in [0.1, 0.15) is 6.92 Å². The third-order valence-electron chi connectivity index (χ3n) is 3.71. The molecule has 3 rings (SSSR count). The van der Waals surface area contributed by atoms with E-state index in [1.54, 1.807) is 7.11 Å². The van der Waals surface area contributed by atoms with Crippen molar-refractivity contribution in [1.82, 2.24) is 20.3 Å². The van der Waals surface area contributed by atoms with Crippen LogP contribution >= 0.6 is 12.4 Å².